The summed E-state index contributed by atoms with van der Waals surface area (Å²) in [6.45, 7) is 5.80. The third kappa shape index (κ3) is 2.49. The van der Waals surface area contributed by atoms with Crippen LogP contribution >= 0.6 is 0 Å². The first kappa shape index (κ1) is 11.1. The molecule has 0 aliphatic rings. The molecule has 14 heavy (non-hydrogen) atoms. The van der Waals surface area contributed by atoms with E-state index in [0.29, 0.717) is 12.2 Å². The average molecular weight is 199 g/mol. The second-order valence-corrected chi connectivity index (χ2v) is 4.29. The van der Waals surface area contributed by atoms with Crippen molar-refractivity contribution in [1.29, 1.82) is 0 Å². The molecule has 0 bridgehead atoms. The topological polar surface area (TPSA) is 89.7 Å². The maximum atomic E-state index is 6.08. The predicted octanol–water partition coefficient (Wildman–Crippen LogP) is 0.189. The summed E-state index contributed by atoms with van der Waals surface area (Å²) < 4.78 is 5.31. The van der Waals surface area contributed by atoms with Gasteiger partial charge in [-0.3, -0.25) is 0 Å². The Morgan fingerprint density at radius 2 is 2.07 bits per heavy atom. The molecule has 0 saturated carbocycles. The van der Waals surface area contributed by atoms with E-state index in [1.807, 2.05) is 20.8 Å². The van der Waals surface area contributed by atoms with Gasteiger partial charge in [0.15, 0.2) is 5.82 Å². The van der Waals surface area contributed by atoms with Crippen molar-refractivity contribution in [1.82, 2.24) is 20.6 Å². The zero-order valence-electron chi connectivity index (χ0n) is 9.03. The molecule has 0 radical (unpaired) electrons. The lowest BCUT2D eigenvalue weighted by Crippen LogP contribution is -2.42. The Balaban J connectivity index is 2.77. The zero-order valence-corrected chi connectivity index (χ0v) is 9.03. The molecule has 1 atom stereocenters. The van der Waals surface area contributed by atoms with E-state index in [1.54, 1.807) is 7.11 Å². The first-order chi connectivity index (χ1) is 6.37. The highest BCUT2D eigenvalue weighted by Crippen LogP contribution is 2.26. The lowest BCUT2D eigenvalue weighted by Gasteiger charge is -2.31. The third-order valence-corrected chi connectivity index (χ3v) is 2.20. The quantitative estimate of drug-likeness (QED) is 0.722. The molecule has 0 fully saturated rings. The first-order valence-corrected chi connectivity index (χ1v) is 4.45. The van der Waals surface area contributed by atoms with Crippen LogP contribution in [-0.2, 0) is 10.3 Å². The molecule has 1 unspecified atom stereocenters. The second-order valence-electron chi connectivity index (χ2n) is 4.29. The van der Waals surface area contributed by atoms with E-state index >= 15 is 0 Å². The number of aromatic amines is 1. The van der Waals surface area contributed by atoms with Crippen LogP contribution < -0.4 is 5.73 Å². The zero-order chi connectivity index (χ0) is 10.8. The monoisotopic (exact) mass is 199 g/mol. The molecule has 0 amide bonds. The number of tetrazole rings is 1. The van der Waals surface area contributed by atoms with Gasteiger partial charge in [0, 0.05) is 13.5 Å². The smallest absolute Gasteiger partial charge is 0.194 e. The number of nitrogens with zero attached hydrogens (tertiary/aromatic N) is 3. The van der Waals surface area contributed by atoms with Gasteiger partial charge in [-0.05, 0) is 20.8 Å². The summed E-state index contributed by atoms with van der Waals surface area (Å²) in [6.07, 6.45) is 0.621. The van der Waals surface area contributed by atoms with Gasteiger partial charge < -0.3 is 10.5 Å². The number of ether oxygens (including phenoxy) is 1. The van der Waals surface area contributed by atoms with Crippen molar-refractivity contribution in [2.75, 3.05) is 7.11 Å². The molecular formula is C8H17N5O. The maximum Gasteiger partial charge on any atom is 0.194 e. The number of methoxy groups -OCH3 is 1. The van der Waals surface area contributed by atoms with Crippen molar-refractivity contribution in [3.8, 4) is 0 Å². The number of aromatic nitrogens is 4. The van der Waals surface area contributed by atoms with Gasteiger partial charge in [-0.15, -0.1) is 10.2 Å². The van der Waals surface area contributed by atoms with Gasteiger partial charge in [0.1, 0.15) is 0 Å². The minimum Gasteiger partial charge on any atom is -0.379 e. The van der Waals surface area contributed by atoms with Gasteiger partial charge >= 0.3 is 0 Å². The Hall–Kier alpha value is -1.01. The number of nitrogens with two attached hydrogens (primary N) is 1. The van der Waals surface area contributed by atoms with Crippen LogP contribution in [0.25, 0.3) is 0 Å². The fourth-order valence-corrected chi connectivity index (χ4v) is 1.44. The van der Waals surface area contributed by atoms with Gasteiger partial charge in [0.25, 0.3) is 0 Å². The molecule has 3 N–H and O–H groups in total. The minimum absolute atomic E-state index is 0.301. The predicted molar refractivity (Wildman–Crippen MR) is 51.4 cm³/mol. The van der Waals surface area contributed by atoms with Crippen LogP contribution in [0.1, 0.15) is 33.0 Å². The van der Waals surface area contributed by atoms with E-state index in [0.717, 1.165) is 0 Å². The number of rotatable bonds is 4. The molecule has 0 saturated heterocycles. The Morgan fingerprint density at radius 3 is 2.50 bits per heavy atom. The average Bonchev–Trinajstić information content (AvgIpc) is 2.54. The summed E-state index contributed by atoms with van der Waals surface area (Å²) in [5, 5.41) is 13.6. The van der Waals surface area contributed by atoms with Gasteiger partial charge in [-0.2, -0.15) is 5.21 Å². The molecular weight excluding hydrogens is 182 g/mol. The summed E-state index contributed by atoms with van der Waals surface area (Å²) in [4.78, 5) is 0. The van der Waals surface area contributed by atoms with Crippen molar-refractivity contribution in [2.45, 2.75) is 38.3 Å². The van der Waals surface area contributed by atoms with Crippen LogP contribution in [0.15, 0.2) is 0 Å². The van der Waals surface area contributed by atoms with E-state index in [-0.39, 0.29) is 5.60 Å². The van der Waals surface area contributed by atoms with E-state index in [9.17, 15) is 0 Å². The highest BCUT2D eigenvalue weighted by Gasteiger charge is 2.33. The molecule has 0 aromatic carbocycles. The molecule has 6 heteroatoms. The van der Waals surface area contributed by atoms with Crippen LogP contribution in [0.3, 0.4) is 0 Å². The number of H-pyrrole nitrogens is 1. The highest BCUT2D eigenvalue weighted by molar-refractivity contribution is 5.01. The number of hydrogen-bond donors (Lipinski definition) is 2. The summed E-state index contributed by atoms with van der Waals surface area (Å²) in [7, 11) is 1.66. The second kappa shape index (κ2) is 3.62. The largest absolute Gasteiger partial charge is 0.379 e. The van der Waals surface area contributed by atoms with Crippen molar-refractivity contribution in [3.05, 3.63) is 5.82 Å². The molecule has 0 aliphatic heterocycles. The van der Waals surface area contributed by atoms with Crippen LogP contribution in [0.4, 0.5) is 0 Å². The molecule has 6 nitrogen and oxygen atoms in total. The fraction of sp³-hybridized carbons (Fsp3) is 0.875. The molecule has 1 rings (SSSR count). The standard InChI is InChI=1S/C8H17N5O/c1-7(2,14-4)5-8(3,9)6-10-12-13-11-6/h5,9H2,1-4H3,(H,10,11,12,13). The van der Waals surface area contributed by atoms with E-state index in [1.165, 1.54) is 0 Å². The minimum atomic E-state index is -0.632. The van der Waals surface area contributed by atoms with Gasteiger partial charge in [0.05, 0.1) is 11.1 Å². The van der Waals surface area contributed by atoms with Crippen molar-refractivity contribution >= 4 is 0 Å². The Labute approximate surface area is 83.2 Å². The van der Waals surface area contributed by atoms with Gasteiger partial charge in [-0.25, -0.2) is 0 Å². The molecule has 0 spiro atoms. The van der Waals surface area contributed by atoms with Crippen molar-refractivity contribution < 1.29 is 4.74 Å². The normalized spacial score (nSPS) is 16.6. The van der Waals surface area contributed by atoms with Crippen LogP contribution in [-0.4, -0.2) is 33.3 Å². The van der Waals surface area contributed by atoms with E-state index < -0.39 is 5.54 Å². The van der Waals surface area contributed by atoms with E-state index in [4.69, 9.17) is 10.5 Å². The van der Waals surface area contributed by atoms with Crippen LogP contribution in [0, 0.1) is 0 Å². The van der Waals surface area contributed by atoms with Crippen molar-refractivity contribution in [2.24, 2.45) is 5.73 Å². The van der Waals surface area contributed by atoms with Gasteiger partial charge in [0.2, 0.25) is 0 Å². The fourth-order valence-electron chi connectivity index (χ4n) is 1.44. The third-order valence-electron chi connectivity index (χ3n) is 2.20. The SMILES string of the molecule is COC(C)(C)CC(C)(N)c1nn[nH]n1. The Bertz CT molecular complexity index is 280. The van der Waals surface area contributed by atoms with Crippen molar-refractivity contribution in [3.63, 3.8) is 0 Å². The molecule has 1 aromatic rings. The highest BCUT2D eigenvalue weighted by atomic mass is 16.5. The molecule has 80 valence electrons. The van der Waals surface area contributed by atoms with Gasteiger partial charge in [-0.1, -0.05) is 5.21 Å². The Kier molecular flexibility index (Phi) is 2.86. The summed E-state index contributed by atoms with van der Waals surface area (Å²) in [5.41, 5.74) is 5.15. The summed E-state index contributed by atoms with van der Waals surface area (Å²) in [6, 6.07) is 0. The number of hydrogen-bond acceptors (Lipinski definition) is 5. The Morgan fingerprint density at radius 1 is 1.43 bits per heavy atom. The van der Waals surface area contributed by atoms with Crippen LogP contribution in [0.5, 0.6) is 0 Å². The summed E-state index contributed by atoms with van der Waals surface area (Å²) in [5.74, 6) is 0.502. The molecule has 1 heterocycles. The lowest BCUT2D eigenvalue weighted by atomic mass is 9.88. The maximum absolute atomic E-state index is 6.08. The first-order valence-electron chi connectivity index (χ1n) is 4.45. The number of nitrogens with one attached hydrogen (secondary N) is 1. The molecule has 0 aliphatic carbocycles. The molecule has 1 aromatic heterocycles. The van der Waals surface area contributed by atoms with Crippen LogP contribution in [0.2, 0.25) is 0 Å². The lowest BCUT2D eigenvalue weighted by molar-refractivity contribution is -0.00256. The summed E-state index contributed by atoms with van der Waals surface area (Å²) >= 11 is 0. The van der Waals surface area contributed by atoms with E-state index in [2.05, 4.69) is 20.6 Å².